The highest BCUT2D eigenvalue weighted by atomic mass is 35.5. The molecule has 38 heavy (non-hydrogen) atoms. The average Bonchev–Trinajstić information content (AvgIpc) is 3.44. The van der Waals surface area contributed by atoms with Crippen LogP contribution >= 0.6 is 22.9 Å². The van der Waals surface area contributed by atoms with Gasteiger partial charge in [-0.05, 0) is 43.5 Å². The number of aryl methyl sites for hydroxylation is 2. The van der Waals surface area contributed by atoms with E-state index in [4.69, 9.17) is 21.1 Å². The zero-order chi connectivity index (χ0) is 27.7. The Morgan fingerprint density at radius 3 is 2.47 bits per heavy atom. The molecular formula is C26H26ClN5O5S. The largest absolute Gasteiger partial charge is 0.497 e. The van der Waals surface area contributed by atoms with Gasteiger partial charge in [-0.1, -0.05) is 29.5 Å². The summed E-state index contributed by atoms with van der Waals surface area (Å²) >= 11 is 7.43. The first kappa shape index (κ1) is 28.4. The first-order chi connectivity index (χ1) is 18.2. The van der Waals surface area contributed by atoms with E-state index in [1.165, 1.54) is 18.4 Å². The van der Waals surface area contributed by atoms with E-state index in [1.807, 2.05) is 0 Å². The number of amides is 2. The molecule has 3 rings (SSSR count). The van der Waals surface area contributed by atoms with Crippen molar-refractivity contribution in [1.29, 1.82) is 0 Å². The summed E-state index contributed by atoms with van der Waals surface area (Å²) in [5, 5.41) is 10.5. The third-order valence-corrected chi connectivity index (χ3v) is 6.43. The van der Waals surface area contributed by atoms with E-state index in [9.17, 15) is 14.4 Å². The number of anilines is 1. The summed E-state index contributed by atoms with van der Waals surface area (Å²) < 4.78 is 9.97. The van der Waals surface area contributed by atoms with Crippen LogP contribution in [0.1, 0.15) is 37.0 Å². The highest BCUT2D eigenvalue weighted by Crippen LogP contribution is 2.21. The van der Waals surface area contributed by atoms with Gasteiger partial charge >= 0.3 is 5.97 Å². The number of halogens is 1. The number of nitrogens with zero attached hydrogens (tertiary/aromatic N) is 2. The van der Waals surface area contributed by atoms with Crippen molar-refractivity contribution >= 4 is 46.7 Å². The molecular weight excluding hydrogens is 530 g/mol. The molecule has 2 amide bonds. The number of aromatic nitrogens is 2. The smallest absolute Gasteiger partial charge is 0.330 e. The third kappa shape index (κ3) is 7.44. The second-order valence-corrected chi connectivity index (χ2v) is 9.19. The summed E-state index contributed by atoms with van der Waals surface area (Å²) in [7, 11) is 2.77. The Morgan fingerprint density at radius 1 is 1.11 bits per heavy atom. The van der Waals surface area contributed by atoms with E-state index in [-0.39, 0.29) is 30.5 Å². The number of methoxy groups -OCH3 is 2. The molecule has 12 heteroatoms. The van der Waals surface area contributed by atoms with E-state index >= 15 is 0 Å². The van der Waals surface area contributed by atoms with Crippen LogP contribution in [0.5, 0.6) is 5.75 Å². The van der Waals surface area contributed by atoms with Crippen LogP contribution < -0.4 is 20.7 Å². The van der Waals surface area contributed by atoms with Crippen LogP contribution in [0, 0.1) is 25.7 Å². The summed E-state index contributed by atoms with van der Waals surface area (Å²) in [5.74, 6) is 5.23. The van der Waals surface area contributed by atoms with Gasteiger partial charge in [-0.15, -0.1) is 11.3 Å². The standard InChI is InChI=1S/C26H26ClN5O5S/c1-15-22(24(34)32-20(25(35)37-4)14-29-23(33)21-8-6-12-38-21)16(2)31-26(30-15)28-11-5-7-17-13-18(36-3)9-10-19(17)27/h6,8-10,12-13,20H,11,14H2,1-4H3,(H,29,33)(H,32,34)(H,28,30,31). The van der Waals surface area contributed by atoms with Crippen molar-refractivity contribution in [3.63, 3.8) is 0 Å². The molecule has 2 heterocycles. The molecule has 0 saturated carbocycles. The Bertz CT molecular complexity index is 1360. The maximum atomic E-state index is 13.0. The van der Waals surface area contributed by atoms with E-state index in [0.717, 1.165) is 0 Å². The minimum Gasteiger partial charge on any atom is -0.497 e. The number of esters is 1. The SMILES string of the molecule is COC(=O)C(CNC(=O)c1cccs1)NC(=O)c1c(C)nc(NCC#Cc2cc(OC)ccc2Cl)nc1C. The molecule has 198 valence electrons. The van der Waals surface area contributed by atoms with Gasteiger partial charge in [-0.25, -0.2) is 14.8 Å². The van der Waals surface area contributed by atoms with Gasteiger partial charge in [0.2, 0.25) is 5.95 Å². The summed E-state index contributed by atoms with van der Waals surface area (Å²) in [6, 6.07) is 7.49. The topological polar surface area (TPSA) is 132 Å². The number of rotatable bonds is 9. The van der Waals surface area contributed by atoms with Crippen LogP contribution in [0.25, 0.3) is 0 Å². The molecule has 10 nitrogen and oxygen atoms in total. The Morgan fingerprint density at radius 2 is 1.84 bits per heavy atom. The lowest BCUT2D eigenvalue weighted by atomic mass is 10.1. The molecule has 0 saturated heterocycles. The number of ether oxygens (including phenoxy) is 2. The van der Waals surface area contributed by atoms with Crippen LogP contribution in [0.2, 0.25) is 5.02 Å². The first-order valence-corrected chi connectivity index (χ1v) is 12.6. The molecule has 1 unspecified atom stereocenters. The lowest BCUT2D eigenvalue weighted by molar-refractivity contribution is -0.142. The maximum absolute atomic E-state index is 13.0. The first-order valence-electron chi connectivity index (χ1n) is 11.3. The fraction of sp³-hybridized carbons (Fsp3) is 0.269. The molecule has 0 radical (unpaired) electrons. The normalized spacial score (nSPS) is 11.0. The summed E-state index contributed by atoms with van der Waals surface area (Å²) in [6.45, 7) is 3.39. The van der Waals surface area contributed by atoms with Gasteiger partial charge < -0.3 is 25.4 Å². The fourth-order valence-corrected chi connectivity index (χ4v) is 4.17. The van der Waals surface area contributed by atoms with Gasteiger partial charge in [0.15, 0.2) is 0 Å². The minimum absolute atomic E-state index is 0.149. The van der Waals surface area contributed by atoms with Crippen molar-refractivity contribution in [3.05, 3.63) is 68.1 Å². The van der Waals surface area contributed by atoms with Gasteiger partial charge in [0.1, 0.15) is 11.8 Å². The highest BCUT2D eigenvalue weighted by molar-refractivity contribution is 7.12. The minimum atomic E-state index is -1.10. The van der Waals surface area contributed by atoms with Crippen LogP contribution in [0.4, 0.5) is 5.95 Å². The number of benzene rings is 1. The highest BCUT2D eigenvalue weighted by Gasteiger charge is 2.25. The molecule has 0 fully saturated rings. The Labute approximate surface area is 229 Å². The molecule has 3 aromatic rings. The van der Waals surface area contributed by atoms with Gasteiger partial charge in [0.25, 0.3) is 11.8 Å². The molecule has 0 aliphatic rings. The number of hydrogen-bond acceptors (Lipinski definition) is 9. The van der Waals surface area contributed by atoms with Crippen molar-refractivity contribution in [1.82, 2.24) is 20.6 Å². The van der Waals surface area contributed by atoms with Gasteiger partial charge in [0.05, 0.1) is 47.6 Å². The van der Waals surface area contributed by atoms with Crippen molar-refractivity contribution in [2.24, 2.45) is 0 Å². The predicted molar refractivity (Wildman–Crippen MR) is 145 cm³/mol. The van der Waals surface area contributed by atoms with E-state index < -0.39 is 17.9 Å². The summed E-state index contributed by atoms with van der Waals surface area (Å²) in [4.78, 5) is 46.7. The Hall–Kier alpha value is -4.14. The second-order valence-electron chi connectivity index (χ2n) is 7.83. The lowest BCUT2D eigenvalue weighted by Crippen LogP contribution is -2.49. The molecule has 0 aliphatic heterocycles. The number of nitrogens with one attached hydrogen (secondary N) is 3. The molecule has 1 aromatic carbocycles. The number of thiophene rings is 1. The molecule has 0 spiro atoms. The average molecular weight is 556 g/mol. The lowest BCUT2D eigenvalue weighted by Gasteiger charge is -2.18. The number of carbonyl (C=O) groups is 3. The van der Waals surface area contributed by atoms with Gasteiger partial charge in [0, 0.05) is 12.1 Å². The Kier molecular flexibility index (Phi) is 10.0. The van der Waals surface area contributed by atoms with Crippen molar-refractivity contribution < 1.29 is 23.9 Å². The van der Waals surface area contributed by atoms with Gasteiger partial charge in [-0.3, -0.25) is 9.59 Å². The zero-order valence-electron chi connectivity index (χ0n) is 21.2. The van der Waals surface area contributed by atoms with E-state index in [2.05, 4.69) is 37.8 Å². The molecule has 0 aliphatic carbocycles. The monoisotopic (exact) mass is 555 g/mol. The summed E-state index contributed by atoms with van der Waals surface area (Å²) in [6.07, 6.45) is 0. The van der Waals surface area contributed by atoms with Crippen molar-refractivity contribution in [2.45, 2.75) is 19.9 Å². The molecule has 3 N–H and O–H groups in total. The summed E-state index contributed by atoms with van der Waals surface area (Å²) in [5.41, 5.74) is 1.63. The quantitative estimate of drug-likeness (QED) is 0.271. The third-order valence-electron chi connectivity index (χ3n) is 5.23. The molecule has 0 bridgehead atoms. The molecule has 2 aromatic heterocycles. The zero-order valence-corrected chi connectivity index (χ0v) is 22.7. The maximum Gasteiger partial charge on any atom is 0.330 e. The van der Waals surface area contributed by atoms with E-state index in [0.29, 0.717) is 32.6 Å². The van der Waals surface area contributed by atoms with Crippen molar-refractivity contribution in [2.75, 3.05) is 32.6 Å². The van der Waals surface area contributed by atoms with E-state index in [1.54, 1.807) is 56.7 Å². The molecule has 1 atom stereocenters. The van der Waals surface area contributed by atoms with Gasteiger partial charge in [-0.2, -0.15) is 0 Å². The van der Waals surface area contributed by atoms with Crippen LogP contribution in [0.3, 0.4) is 0 Å². The van der Waals surface area contributed by atoms with Crippen LogP contribution in [0.15, 0.2) is 35.7 Å². The van der Waals surface area contributed by atoms with Crippen LogP contribution in [-0.2, 0) is 9.53 Å². The Balaban J connectivity index is 1.66. The number of carbonyl (C=O) groups excluding carboxylic acids is 3. The van der Waals surface area contributed by atoms with Crippen molar-refractivity contribution in [3.8, 4) is 17.6 Å². The fourth-order valence-electron chi connectivity index (χ4n) is 3.37. The van der Waals surface area contributed by atoms with Crippen LogP contribution in [-0.4, -0.2) is 61.1 Å². The second kappa shape index (κ2) is 13.4. The number of hydrogen-bond donors (Lipinski definition) is 3. The predicted octanol–water partition coefficient (Wildman–Crippen LogP) is 2.98.